The lowest BCUT2D eigenvalue weighted by Gasteiger charge is -2.05. The Morgan fingerprint density at radius 3 is 2.82 bits per heavy atom. The van der Waals surface area contributed by atoms with Crippen LogP contribution in [0, 0.1) is 0 Å². The zero-order valence-corrected chi connectivity index (χ0v) is 12.4. The molecule has 0 amide bonds. The molecule has 0 aliphatic heterocycles. The highest BCUT2D eigenvalue weighted by atomic mass is 16.4. The fourth-order valence-corrected chi connectivity index (χ4v) is 2.77. The van der Waals surface area contributed by atoms with E-state index in [9.17, 15) is 4.79 Å². The zero-order chi connectivity index (χ0) is 15.5. The fourth-order valence-electron chi connectivity index (χ4n) is 2.77. The molecule has 22 heavy (non-hydrogen) atoms. The van der Waals surface area contributed by atoms with Gasteiger partial charge in [-0.05, 0) is 35.2 Å². The van der Waals surface area contributed by atoms with Crippen molar-refractivity contribution in [3.05, 3.63) is 59.7 Å². The smallest absolute Gasteiger partial charge is 0.307 e. The van der Waals surface area contributed by atoms with Crippen LogP contribution < -0.4 is 0 Å². The Morgan fingerprint density at radius 1 is 1.27 bits per heavy atom. The van der Waals surface area contributed by atoms with Gasteiger partial charge in [-0.1, -0.05) is 13.0 Å². The molecule has 0 fully saturated rings. The molecule has 3 aromatic rings. The Balaban J connectivity index is 2.12. The Bertz CT molecular complexity index is 809. The van der Waals surface area contributed by atoms with Crippen LogP contribution in [0.1, 0.15) is 23.6 Å². The number of aromatic nitrogens is 3. The van der Waals surface area contributed by atoms with Crippen LogP contribution >= 0.6 is 0 Å². The van der Waals surface area contributed by atoms with Gasteiger partial charge in [0.15, 0.2) is 0 Å². The topological polar surface area (TPSA) is 68.0 Å². The summed E-state index contributed by atoms with van der Waals surface area (Å²) in [6, 6.07) is 5.85. The van der Waals surface area contributed by atoms with Crippen LogP contribution in [0.25, 0.3) is 11.0 Å². The largest absolute Gasteiger partial charge is 0.481 e. The third-order valence-corrected chi connectivity index (χ3v) is 3.72. The third-order valence-electron chi connectivity index (χ3n) is 3.72. The average molecular weight is 295 g/mol. The molecular formula is C17H17N3O2. The van der Waals surface area contributed by atoms with Crippen molar-refractivity contribution in [3.8, 4) is 0 Å². The fraction of sp³-hybridized carbons (Fsp3) is 0.235. The number of aryl methyl sites for hydroxylation is 1. The second-order valence-electron chi connectivity index (χ2n) is 5.24. The van der Waals surface area contributed by atoms with Crippen LogP contribution in [0.3, 0.4) is 0 Å². The van der Waals surface area contributed by atoms with Gasteiger partial charge in [-0.25, -0.2) is 4.98 Å². The lowest BCUT2D eigenvalue weighted by molar-refractivity contribution is -0.136. The SMILES string of the molecule is CCc1ccnc2c1c(CC(=O)O)cn2Cc1cccnc1. The summed E-state index contributed by atoms with van der Waals surface area (Å²) in [6.45, 7) is 2.70. The van der Waals surface area contributed by atoms with Gasteiger partial charge in [-0.15, -0.1) is 0 Å². The van der Waals surface area contributed by atoms with Crippen molar-refractivity contribution in [3.63, 3.8) is 0 Å². The van der Waals surface area contributed by atoms with Crippen molar-refractivity contribution < 1.29 is 9.90 Å². The van der Waals surface area contributed by atoms with E-state index in [-0.39, 0.29) is 6.42 Å². The number of pyridine rings is 2. The summed E-state index contributed by atoms with van der Waals surface area (Å²) in [7, 11) is 0. The number of hydrogen-bond acceptors (Lipinski definition) is 3. The predicted octanol–water partition coefficient (Wildman–Crippen LogP) is 2.67. The molecule has 3 aromatic heterocycles. The van der Waals surface area contributed by atoms with Crippen LogP contribution in [0.2, 0.25) is 0 Å². The molecule has 3 heterocycles. The lowest BCUT2D eigenvalue weighted by Crippen LogP contribution is -2.00. The Labute approximate surface area is 128 Å². The van der Waals surface area contributed by atoms with Crippen LogP contribution in [-0.2, 0) is 24.2 Å². The molecule has 1 N–H and O–H groups in total. The number of nitrogens with zero attached hydrogens (tertiary/aromatic N) is 3. The quantitative estimate of drug-likeness (QED) is 0.785. The van der Waals surface area contributed by atoms with Gasteiger partial charge in [0.25, 0.3) is 0 Å². The van der Waals surface area contributed by atoms with E-state index in [4.69, 9.17) is 5.11 Å². The maximum atomic E-state index is 11.1. The average Bonchev–Trinajstić information content (AvgIpc) is 2.85. The molecule has 0 aliphatic rings. The lowest BCUT2D eigenvalue weighted by atomic mass is 10.1. The zero-order valence-electron chi connectivity index (χ0n) is 12.4. The van der Waals surface area contributed by atoms with Gasteiger partial charge in [0, 0.05) is 30.2 Å². The first-order chi connectivity index (χ1) is 10.7. The van der Waals surface area contributed by atoms with Gasteiger partial charge >= 0.3 is 5.97 Å². The molecule has 5 heteroatoms. The number of carbonyl (C=O) groups is 1. The molecule has 0 bridgehead atoms. The molecule has 5 nitrogen and oxygen atoms in total. The van der Waals surface area contributed by atoms with E-state index in [1.807, 2.05) is 35.2 Å². The first-order valence-electron chi connectivity index (χ1n) is 7.25. The van der Waals surface area contributed by atoms with Gasteiger partial charge in [0.2, 0.25) is 0 Å². The van der Waals surface area contributed by atoms with Crippen LogP contribution in [0.5, 0.6) is 0 Å². The summed E-state index contributed by atoms with van der Waals surface area (Å²) in [4.78, 5) is 19.7. The molecule has 0 radical (unpaired) electrons. The highest BCUT2D eigenvalue weighted by molar-refractivity contribution is 5.87. The van der Waals surface area contributed by atoms with Crippen molar-refractivity contribution in [1.82, 2.24) is 14.5 Å². The minimum Gasteiger partial charge on any atom is -0.481 e. The van der Waals surface area contributed by atoms with E-state index >= 15 is 0 Å². The van der Waals surface area contributed by atoms with Gasteiger partial charge in [-0.2, -0.15) is 0 Å². The first kappa shape index (κ1) is 14.3. The maximum absolute atomic E-state index is 11.1. The van der Waals surface area contributed by atoms with Crippen molar-refractivity contribution in [2.24, 2.45) is 0 Å². The molecule has 0 aromatic carbocycles. The van der Waals surface area contributed by atoms with Crippen molar-refractivity contribution in [1.29, 1.82) is 0 Å². The number of carboxylic acid groups (broad SMARTS) is 1. The van der Waals surface area contributed by atoms with E-state index in [1.165, 1.54) is 0 Å². The van der Waals surface area contributed by atoms with E-state index in [0.29, 0.717) is 6.54 Å². The summed E-state index contributed by atoms with van der Waals surface area (Å²) >= 11 is 0. The molecule has 0 spiro atoms. The number of carboxylic acids is 1. The van der Waals surface area contributed by atoms with E-state index < -0.39 is 5.97 Å². The number of aliphatic carboxylic acids is 1. The third kappa shape index (κ3) is 2.70. The van der Waals surface area contributed by atoms with Crippen molar-refractivity contribution in [2.75, 3.05) is 0 Å². The van der Waals surface area contributed by atoms with E-state index in [2.05, 4.69) is 16.9 Å². The molecule has 0 saturated carbocycles. The molecule has 3 rings (SSSR count). The highest BCUT2D eigenvalue weighted by Gasteiger charge is 2.15. The van der Waals surface area contributed by atoms with Gasteiger partial charge in [-0.3, -0.25) is 9.78 Å². The molecule has 112 valence electrons. The van der Waals surface area contributed by atoms with Gasteiger partial charge in [0.05, 0.1) is 13.0 Å². The van der Waals surface area contributed by atoms with Gasteiger partial charge in [0.1, 0.15) is 5.65 Å². The van der Waals surface area contributed by atoms with Gasteiger partial charge < -0.3 is 9.67 Å². The summed E-state index contributed by atoms with van der Waals surface area (Å²) in [5, 5.41) is 10.1. The minimum atomic E-state index is -0.827. The normalized spacial score (nSPS) is 11.0. The van der Waals surface area contributed by atoms with Crippen LogP contribution in [0.4, 0.5) is 0 Å². The molecular weight excluding hydrogens is 278 g/mol. The maximum Gasteiger partial charge on any atom is 0.307 e. The number of hydrogen-bond donors (Lipinski definition) is 1. The molecule has 0 atom stereocenters. The molecule has 0 unspecified atom stereocenters. The predicted molar refractivity (Wildman–Crippen MR) is 83.8 cm³/mol. The first-order valence-corrected chi connectivity index (χ1v) is 7.25. The molecule has 0 saturated heterocycles. The van der Waals surface area contributed by atoms with Crippen molar-refractivity contribution >= 4 is 17.0 Å². The van der Waals surface area contributed by atoms with Crippen LogP contribution in [-0.4, -0.2) is 25.6 Å². The Morgan fingerprint density at radius 2 is 2.14 bits per heavy atom. The second-order valence-corrected chi connectivity index (χ2v) is 5.24. The summed E-state index contributed by atoms with van der Waals surface area (Å²) in [5.41, 5.74) is 3.84. The second kappa shape index (κ2) is 5.97. The van der Waals surface area contributed by atoms with Crippen LogP contribution in [0.15, 0.2) is 43.0 Å². The van der Waals surface area contributed by atoms with E-state index in [0.717, 1.165) is 34.1 Å². The van der Waals surface area contributed by atoms with Crippen molar-refractivity contribution in [2.45, 2.75) is 26.3 Å². The highest BCUT2D eigenvalue weighted by Crippen LogP contribution is 2.25. The Hall–Kier alpha value is -2.69. The number of fused-ring (bicyclic) bond motifs is 1. The number of rotatable bonds is 5. The summed E-state index contributed by atoms with van der Waals surface area (Å²) < 4.78 is 2.00. The summed E-state index contributed by atoms with van der Waals surface area (Å²) in [6.07, 6.45) is 8.09. The molecule has 0 aliphatic carbocycles. The monoisotopic (exact) mass is 295 g/mol. The Kier molecular flexibility index (Phi) is 3.87. The van der Waals surface area contributed by atoms with E-state index in [1.54, 1.807) is 12.4 Å². The minimum absolute atomic E-state index is 0.00916. The standard InChI is InChI=1S/C17H17N3O2/c1-2-13-5-7-19-17-16(13)14(8-15(21)22)11-20(17)10-12-4-3-6-18-9-12/h3-7,9,11H,2,8,10H2,1H3,(H,21,22). The summed E-state index contributed by atoms with van der Waals surface area (Å²) in [5.74, 6) is -0.827.